The van der Waals surface area contributed by atoms with Gasteiger partial charge < -0.3 is 9.64 Å². The topological polar surface area (TPSA) is 63.7 Å². The number of rotatable bonds is 2. The Morgan fingerprint density at radius 3 is 1.97 bits per heavy atom. The Morgan fingerprint density at radius 1 is 0.970 bits per heavy atom. The molecular weight excluding hydrogens is 421 g/mol. The molecule has 6 heteroatoms. The Labute approximate surface area is 193 Å². The summed E-state index contributed by atoms with van der Waals surface area (Å²) in [5, 5.41) is 0. The molecule has 0 bridgehead atoms. The SMILES string of the molecule is Cc1cc(-c2ccc(F)cc2)cc(C)c1C1C(=O)CC2(CC1=O)CN(C(=O)OC(C)(C)C)C2. The summed E-state index contributed by atoms with van der Waals surface area (Å²) in [7, 11) is 0. The first-order valence-corrected chi connectivity index (χ1v) is 11.3. The molecule has 174 valence electrons. The van der Waals surface area contributed by atoms with Crippen molar-refractivity contribution in [3.05, 3.63) is 58.9 Å². The summed E-state index contributed by atoms with van der Waals surface area (Å²) < 4.78 is 18.7. The summed E-state index contributed by atoms with van der Waals surface area (Å²) in [6.07, 6.45) is 0.154. The Balaban J connectivity index is 1.52. The van der Waals surface area contributed by atoms with Crippen LogP contribution in [0.3, 0.4) is 0 Å². The third kappa shape index (κ3) is 4.56. The molecule has 5 nitrogen and oxygen atoms in total. The van der Waals surface area contributed by atoms with Crippen molar-refractivity contribution in [2.75, 3.05) is 13.1 Å². The van der Waals surface area contributed by atoms with E-state index in [9.17, 15) is 18.8 Å². The lowest BCUT2D eigenvalue weighted by Gasteiger charge is -2.52. The Morgan fingerprint density at radius 2 is 1.48 bits per heavy atom. The van der Waals surface area contributed by atoms with Gasteiger partial charge in [0.05, 0.1) is 0 Å². The van der Waals surface area contributed by atoms with Gasteiger partial charge in [-0.15, -0.1) is 0 Å². The number of carbonyl (C=O) groups excluding carboxylic acids is 3. The number of hydrogen-bond donors (Lipinski definition) is 0. The molecule has 1 amide bonds. The maximum atomic E-state index is 13.3. The lowest BCUT2D eigenvalue weighted by molar-refractivity contribution is -0.143. The summed E-state index contributed by atoms with van der Waals surface area (Å²) in [6.45, 7) is 9.99. The van der Waals surface area contributed by atoms with Crippen molar-refractivity contribution in [2.24, 2.45) is 5.41 Å². The molecule has 0 aromatic heterocycles. The summed E-state index contributed by atoms with van der Waals surface area (Å²) in [5.41, 5.74) is 3.27. The molecule has 0 atom stereocenters. The van der Waals surface area contributed by atoms with E-state index in [1.54, 1.807) is 17.0 Å². The molecule has 4 rings (SSSR count). The van der Waals surface area contributed by atoms with E-state index in [2.05, 4.69) is 0 Å². The quantitative estimate of drug-likeness (QED) is 0.577. The van der Waals surface area contributed by atoms with Crippen LogP contribution in [-0.2, 0) is 14.3 Å². The monoisotopic (exact) mass is 451 g/mol. The highest BCUT2D eigenvalue weighted by molar-refractivity contribution is 6.11. The molecule has 0 radical (unpaired) electrons. The van der Waals surface area contributed by atoms with Crippen LogP contribution in [-0.4, -0.2) is 41.3 Å². The van der Waals surface area contributed by atoms with E-state index >= 15 is 0 Å². The van der Waals surface area contributed by atoms with Crippen molar-refractivity contribution in [2.45, 2.75) is 59.0 Å². The van der Waals surface area contributed by atoms with Crippen LogP contribution in [0, 0.1) is 25.1 Å². The average Bonchev–Trinajstić information content (AvgIpc) is 2.66. The maximum Gasteiger partial charge on any atom is 0.410 e. The highest BCUT2D eigenvalue weighted by Crippen LogP contribution is 2.46. The fraction of sp³-hybridized carbons (Fsp3) is 0.444. The Hall–Kier alpha value is -3.02. The number of halogens is 1. The molecule has 1 saturated heterocycles. The molecule has 1 aliphatic carbocycles. The lowest BCUT2D eigenvalue weighted by atomic mass is 9.63. The lowest BCUT2D eigenvalue weighted by Crippen LogP contribution is -2.62. The number of hydrogen-bond acceptors (Lipinski definition) is 4. The zero-order chi connectivity index (χ0) is 24.1. The maximum absolute atomic E-state index is 13.3. The molecule has 2 aromatic rings. The van der Waals surface area contributed by atoms with E-state index in [4.69, 9.17) is 4.74 Å². The highest BCUT2D eigenvalue weighted by Gasteiger charge is 2.54. The number of Topliss-reactive ketones (excluding diaryl/α,β-unsaturated/α-hetero) is 2. The van der Waals surface area contributed by atoms with E-state index < -0.39 is 23.0 Å². The van der Waals surface area contributed by atoms with Crippen molar-refractivity contribution in [1.29, 1.82) is 0 Å². The van der Waals surface area contributed by atoms with Crippen molar-refractivity contribution in [1.82, 2.24) is 4.90 Å². The second kappa shape index (κ2) is 8.08. The van der Waals surface area contributed by atoms with Gasteiger partial charge in [0, 0.05) is 31.3 Å². The third-order valence-electron chi connectivity index (χ3n) is 6.51. The van der Waals surface area contributed by atoms with Crippen molar-refractivity contribution >= 4 is 17.7 Å². The molecule has 33 heavy (non-hydrogen) atoms. The summed E-state index contributed by atoms with van der Waals surface area (Å²) >= 11 is 0. The average molecular weight is 452 g/mol. The first kappa shape index (κ1) is 23.1. The number of nitrogens with zero attached hydrogens (tertiary/aromatic N) is 1. The van der Waals surface area contributed by atoms with Gasteiger partial charge in [-0.25, -0.2) is 9.18 Å². The molecule has 0 N–H and O–H groups in total. The summed E-state index contributed by atoms with van der Waals surface area (Å²) in [6, 6.07) is 10.2. The molecule has 1 aliphatic heterocycles. The predicted molar refractivity (Wildman–Crippen MR) is 124 cm³/mol. The van der Waals surface area contributed by atoms with Gasteiger partial charge in [0.25, 0.3) is 0 Å². The molecule has 1 spiro atoms. The highest BCUT2D eigenvalue weighted by atomic mass is 19.1. The van der Waals surface area contributed by atoms with Crippen LogP contribution in [0.4, 0.5) is 9.18 Å². The van der Waals surface area contributed by atoms with Crippen LogP contribution in [0.5, 0.6) is 0 Å². The number of aryl methyl sites for hydroxylation is 2. The van der Waals surface area contributed by atoms with E-state index in [1.165, 1.54) is 12.1 Å². The predicted octanol–water partition coefficient (Wildman–Crippen LogP) is 5.36. The molecule has 1 heterocycles. The Bertz CT molecular complexity index is 1080. The van der Waals surface area contributed by atoms with Gasteiger partial charge in [-0.2, -0.15) is 0 Å². The van der Waals surface area contributed by atoms with Gasteiger partial charge in [-0.3, -0.25) is 9.59 Å². The van der Waals surface area contributed by atoms with E-state index in [0.29, 0.717) is 13.1 Å². The van der Waals surface area contributed by atoms with Crippen LogP contribution < -0.4 is 0 Å². The van der Waals surface area contributed by atoms with Crippen LogP contribution in [0.2, 0.25) is 0 Å². The molecular formula is C27H30FNO4. The van der Waals surface area contributed by atoms with Gasteiger partial charge in [-0.05, 0) is 74.6 Å². The van der Waals surface area contributed by atoms with E-state index in [-0.39, 0.29) is 30.2 Å². The van der Waals surface area contributed by atoms with E-state index in [1.807, 2.05) is 46.8 Å². The van der Waals surface area contributed by atoms with Gasteiger partial charge >= 0.3 is 6.09 Å². The Kier molecular flexibility index (Phi) is 5.67. The second-order valence-electron chi connectivity index (χ2n) is 10.6. The number of benzene rings is 2. The number of ether oxygens (including phenoxy) is 1. The van der Waals surface area contributed by atoms with Crippen LogP contribution in [0.15, 0.2) is 36.4 Å². The van der Waals surface area contributed by atoms with Crippen LogP contribution in [0.25, 0.3) is 11.1 Å². The van der Waals surface area contributed by atoms with Crippen LogP contribution >= 0.6 is 0 Å². The number of amides is 1. The van der Waals surface area contributed by atoms with Crippen molar-refractivity contribution < 1.29 is 23.5 Å². The fourth-order valence-corrected chi connectivity index (χ4v) is 5.19. The summed E-state index contributed by atoms with van der Waals surface area (Å²) in [4.78, 5) is 40.3. The third-order valence-corrected chi connectivity index (χ3v) is 6.51. The first-order valence-electron chi connectivity index (χ1n) is 11.3. The normalized spacial score (nSPS) is 18.4. The van der Waals surface area contributed by atoms with Crippen LogP contribution in [0.1, 0.15) is 56.2 Å². The number of likely N-dealkylation sites (tertiary alicyclic amines) is 1. The van der Waals surface area contributed by atoms with Gasteiger partial charge in [0.15, 0.2) is 0 Å². The zero-order valence-electron chi connectivity index (χ0n) is 19.8. The standard InChI is InChI=1S/C27H30FNO4/c1-16-10-19(18-6-8-20(28)9-7-18)11-17(2)23(16)24-21(30)12-27(13-22(24)31)14-29(15-27)25(32)33-26(3,4)5/h6-11,24H,12-15H2,1-5H3. The van der Waals surface area contributed by atoms with Crippen molar-refractivity contribution in [3.63, 3.8) is 0 Å². The first-order chi connectivity index (χ1) is 15.4. The second-order valence-corrected chi connectivity index (χ2v) is 10.6. The number of carbonyl (C=O) groups is 3. The largest absolute Gasteiger partial charge is 0.444 e. The molecule has 2 aliphatic rings. The molecule has 2 fully saturated rings. The van der Waals surface area contributed by atoms with Crippen molar-refractivity contribution in [3.8, 4) is 11.1 Å². The zero-order valence-corrected chi connectivity index (χ0v) is 19.8. The minimum atomic E-state index is -0.770. The fourth-order valence-electron chi connectivity index (χ4n) is 5.19. The van der Waals surface area contributed by atoms with Gasteiger partial charge in [0.1, 0.15) is 28.9 Å². The van der Waals surface area contributed by atoms with Gasteiger partial charge in [-0.1, -0.05) is 24.3 Å². The summed E-state index contributed by atoms with van der Waals surface area (Å²) in [5.74, 6) is -1.24. The van der Waals surface area contributed by atoms with Gasteiger partial charge in [0.2, 0.25) is 0 Å². The molecule has 0 unspecified atom stereocenters. The minimum Gasteiger partial charge on any atom is -0.444 e. The van der Waals surface area contributed by atoms with E-state index in [0.717, 1.165) is 27.8 Å². The smallest absolute Gasteiger partial charge is 0.410 e. The number of ketones is 2. The minimum absolute atomic E-state index is 0.0872. The molecule has 1 saturated carbocycles. The molecule has 2 aromatic carbocycles.